The molecule has 0 bridgehead atoms. The van der Waals surface area contributed by atoms with Crippen LogP contribution in [0.2, 0.25) is 5.15 Å². The average Bonchev–Trinajstić information content (AvgIpc) is 2.28. The summed E-state index contributed by atoms with van der Waals surface area (Å²) in [5.41, 5.74) is 0. The summed E-state index contributed by atoms with van der Waals surface area (Å²) >= 11 is 5.77. The smallest absolute Gasteiger partial charge is 0.224 e. The summed E-state index contributed by atoms with van der Waals surface area (Å²) < 4.78 is 0. The van der Waals surface area contributed by atoms with Crippen LogP contribution in [0.15, 0.2) is 12.3 Å². The number of aromatic nitrogens is 2. The van der Waals surface area contributed by atoms with Gasteiger partial charge in [-0.3, -0.25) is 0 Å². The topological polar surface area (TPSA) is 49.8 Å². The second kappa shape index (κ2) is 5.28. The molecule has 5 heteroatoms. The second-order valence-electron chi connectivity index (χ2n) is 3.78. The maximum absolute atomic E-state index is 5.77. The summed E-state index contributed by atoms with van der Waals surface area (Å²) in [7, 11) is 0. The van der Waals surface area contributed by atoms with Gasteiger partial charge in [0.2, 0.25) is 5.95 Å². The molecule has 0 aromatic carbocycles. The van der Waals surface area contributed by atoms with E-state index in [2.05, 4.69) is 20.6 Å². The highest BCUT2D eigenvalue weighted by Crippen LogP contribution is 2.12. The predicted octanol–water partition coefficient (Wildman–Crippen LogP) is 1.54. The molecule has 1 fully saturated rings. The molecule has 0 unspecified atom stereocenters. The van der Waals surface area contributed by atoms with Crippen LogP contribution in [0.4, 0.5) is 5.95 Å². The first-order chi connectivity index (χ1) is 7.34. The summed E-state index contributed by atoms with van der Waals surface area (Å²) in [4.78, 5) is 8.19. The molecule has 1 aliphatic rings. The zero-order chi connectivity index (χ0) is 10.5. The summed E-state index contributed by atoms with van der Waals surface area (Å²) in [6, 6.07) is 1.68. The van der Waals surface area contributed by atoms with E-state index in [9.17, 15) is 0 Å². The molecule has 0 radical (unpaired) electrons. The zero-order valence-corrected chi connectivity index (χ0v) is 9.30. The summed E-state index contributed by atoms with van der Waals surface area (Å²) in [5, 5.41) is 7.05. The van der Waals surface area contributed by atoms with Gasteiger partial charge in [0.25, 0.3) is 0 Å². The van der Waals surface area contributed by atoms with Crippen molar-refractivity contribution in [2.45, 2.75) is 12.8 Å². The SMILES string of the molecule is Clc1ccnc(NCC2CCNCC2)n1. The van der Waals surface area contributed by atoms with Crippen LogP contribution in [-0.4, -0.2) is 29.6 Å². The molecular formula is C10H15ClN4. The fourth-order valence-corrected chi connectivity index (χ4v) is 1.88. The highest BCUT2D eigenvalue weighted by atomic mass is 35.5. The Balaban J connectivity index is 1.81. The number of nitrogens with zero attached hydrogens (tertiary/aromatic N) is 2. The van der Waals surface area contributed by atoms with Gasteiger partial charge < -0.3 is 10.6 Å². The lowest BCUT2D eigenvalue weighted by atomic mass is 9.98. The first-order valence-electron chi connectivity index (χ1n) is 5.28. The Morgan fingerprint density at radius 2 is 2.27 bits per heavy atom. The fourth-order valence-electron chi connectivity index (χ4n) is 1.74. The molecule has 0 saturated carbocycles. The zero-order valence-electron chi connectivity index (χ0n) is 8.54. The number of nitrogens with one attached hydrogen (secondary N) is 2. The number of anilines is 1. The first kappa shape index (κ1) is 10.6. The summed E-state index contributed by atoms with van der Waals surface area (Å²) in [6.07, 6.45) is 4.10. The molecule has 82 valence electrons. The molecule has 0 atom stereocenters. The van der Waals surface area contributed by atoms with E-state index < -0.39 is 0 Å². The van der Waals surface area contributed by atoms with E-state index in [1.807, 2.05) is 0 Å². The van der Waals surface area contributed by atoms with Crippen LogP contribution in [0.1, 0.15) is 12.8 Å². The molecule has 1 aromatic heterocycles. The Labute approximate surface area is 94.5 Å². The number of hydrogen-bond donors (Lipinski definition) is 2. The lowest BCUT2D eigenvalue weighted by Gasteiger charge is -2.22. The molecule has 4 nitrogen and oxygen atoms in total. The van der Waals surface area contributed by atoms with Crippen molar-refractivity contribution in [3.63, 3.8) is 0 Å². The minimum atomic E-state index is 0.484. The summed E-state index contributed by atoms with van der Waals surface area (Å²) in [5.74, 6) is 1.34. The van der Waals surface area contributed by atoms with Crippen molar-refractivity contribution < 1.29 is 0 Å². The van der Waals surface area contributed by atoms with Gasteiger partial charge in [0.1, 0.15) is 5.15 Å². The van der Waals surface area contributed by atoms with Crippen molar-refractivity contribution in [1.82, 2.24) is 15.3 Å². The molecule has 0 aliphatic carbocycles. The maximum atomic E-state index is 5.77. The Morgan fingerprint density at radius 3 is 3.00 bits per heavy atom. The predicted molar refractivity (Wildman–Crippen MR) is 61.1 cm³/mol. The average molecular weight is 227 g/mol. The third kappa shape index (κ3) is 3.32. The van der Waals surface area contributed by atoms with Crippen LogP contribution in [0.25, 0.3) is 0 Å². The Hall–Kier alpha value is -0.870. The van der Waals surface area contributed by atoms with Gasteiger partial charge in [-0.2, -0.15) is 0 Å². The van der Waals surface area contributed by atoms with Crippen LogP contribution in [0.5, 0.6) is 0 Å². The van der Waals surface area contributed by atoms with E-state index in [1.54, 1.807) is 12.3 Å². The van der Waals surface area contributed by atoms with Crippen LogP contribution < -0.4 is 10.6 Å². The minimum Gasteiger partial charge on any atom is -0.354 e. The van der Waals surface area contributed by atoms with Crippen LogP contribution in [-0.2, 0) is 0 Å². The molecule has 1 aliphatic heterocycles. The van der Waals surface area contributed by atoms with Gasteiger partial charge in [-0.05, 0) is 37.9 Å². The number of hydrogen-bond acceptors (Lipinski definition) is 4. The van der Waals surface area contributed by atoms with Gasteiger partial charge in [0, 0.05) is 12.7 Å². The normalized spacial score (nSPS) is 17.7. The van der Waals surface area contributed by atoms with E-state index in [1.165, 1.54) is 12.8 Å². The van der Waals surface area contributed by atoms with Gasteiger partial charge in [0.05, 0.1) is 0 Å². The van der Waals surface area contributed by atoms with Crippen molar-refractivity contribution >= 4 is 17.5 Å². The Morgan fingerprint density at radius 1 is 1.47 bits per heavy atom. The van der Waals surface area contributed by atoms with E-state index >= 15 is 0 Å². The minimum absolute atomic E-state index is 0.484. The first-order valence-corrected chi connectivity index (χ1v) is 5.65. The molecule has 0 spiro atoms. The molecule has 1 saturated heterocycles. The van der Waals surface area contributed by atoms with Crippen molar-refractivity contribution in [3.8, 4) is 0 Å². The third-order valence-electron chi connectivity index (χ3n) is 2.63. The number of rotatable bonds is 3. The number of halogens is 1. The van der Waals surface area contributed by atoms with Gasteiger partial charge in [-0.25, -0.2) is 9.97 Å². The van der Waals surface area contributed by atoms with E-state index in [-0.39, 0.29) is 0 Å². The van der Waals surface area contributed by atoms with Crippen LogP contribution >= 0.6 is 11.6 Å². The lowest BCUT2D eigenvalue weighted by Crippen LogP contribution is -2.31. The van der Waals surface area contributed by atoms with Crippen LogP contribution in [0, 0.1) is 5.92 Å². The van der Waals surface area contributed by atoms with Gasteiger partial charge in [-0.1, -0.05) is 11.6 Å². The Bertz CT molecular complexity index is 312. The highest BCUT2D eigenvalue weighted by molar-refractivity contribution is 6.29. The molecule has 2 N–H and O–H groups in total. The van der Waals surface area contributed by atoms with E-state index in [0.29, 0.717) is 17.0 Å². The van der Waals surface area contributed by atoms with Crippen molar-refractivity contribution in [3.05, 3.63) is 17.4 Å². The van der Waals surface area contributed by atoms with E-state index in [4.69, 9.17) is 11.6 Å². The molecule has 2 heterocycles. The lowest BCUT2D eigenvalue weighted by molar-refractivity contribution is 0.389. The highest BCUT2D eigenvalue weighted by Gasteiger charge is 2.12. The van der Waals surface area contributed by atoms with Crippen molar-refractivity contribution in [2.24, 2.45) is 5.92 Å². The number of piperidine rings is 1. The van der Waals surface area contributed by atoms with Gasteiger partial charge in [0.15, 0.2) is 0 Å². The molecule has 0 amide bonds. The van der Waals surface area contributed by atoms with Gasteiger partial charge in [-0.15, -0.1) is 0 Å². The second-order valence-corrected chi connectivity index (χ2v) is 4.16. The monoisotopic (exact) mass is 226 g/mol. The van der Waals surface area contributed by atoms with Crippen molar-refractivity contribution in [2.75, 3.05) is 25.0 Å². The third-order valence-corrected chi connectivity index (χ3v) is 2.84. The molecule has 15 heavy (non-hydrogen) atoms. The molecule has 1 aromatic rings. The van der Waals surface area contributed by atoms with Gasteiger partial charge >= 0.3 is 0 Å². The fraction of sp³-hybridized carbons (Fsp3) is 0.600. The maximum Gasteiger partial charge on any atom is 0.224 e. The molecule has 2 rings (SSSR count). The van der Waals surface area contributed by atoms with E-state index in [0.717, 1.165) is 19.6 Å². The molecular weight excluding hydrogens is 212 g/mol. The standard InChI is InChI=1S/C10H15ClN4/c11-9-3-6-13-10(15-9)14-7-8-1-4-12-5-2-8/h3,6,8,12H,1-2,4-5,7H2,(H,13,14,15). The van der Waals surface area contributed by atoms with Crippen molar-refractivity contribution in [1.29, 1.82) is 0 Å². The van der Waals surface area contributed by atoms with Crippen LogP contribution in [0.3, 0.4) is 0 Å². The summed E-state index contributed by atoms with van der Waals surface area (Å²) in [6.45, 7) is 3.16. The quantitative estimate of drug-likeness (QED) is 0.768. The Kier molecular flexibility index (Phi) is 3.75. The largest absolute Gasteiger partial charge is 0.354 e.